The number of hydrogen-bond acceptors (Lipinski definition) is 4. The van der Waals surface area contributed by atoms with Gasteiger partial charge in [0, 0.05) is 19.8 Å². The first-order chi connectivity index (χ1) is 9.80. The largest absolute Gasteiger partial charge is 0.446 e. The molecule has 0 atom stereocenters. The van der Waals surface area contributed by atoms with E-state index in [9.17, 15) is 8.42 Å². The van der Waals surface area contributed by atoms with Crippen molar-refractivity contribution >= 4 is 38.9 Å². The van der Waals surface area contributed by atoms with Crippen LogP contribution in [0, 0.1) is 0 Å². The molecular formula is C13H14Cl2N2O3S. The number of furan rings is 1. The van der Waals surface area contributed by atoms with Gasteiger partial charge in [-0.2, -0.15) is 0 Å². The second-order valence-corrected chi connectivity index (χ2v) is 7.39. The molecule has 1 aromatic carbocycles. The quantitative estimate of drug-likeness (QED) is 0.898. The van der Waals surface area contributed by atoms with Gasteiger partial charge in [0.25, 0.3) is 10.0 Å². The molecule has 21 heavy (non-hydrogen) atoms. The summed E-state index contributed by atoms with van der Waals surface area (Å²) in [7, 11) is -0.651. The normalized spacial score (nSPS) is 11.9. The van der Waals surface area contributed by atoms with E-state index in [0.717, 1.165) is 9.99 Å². The molecule has 0 bridgehead atoms. The molecule has 0 saturated heterocycles. The summed E-state index contributed by atoms with van der Waals surface area (Å²) in [6.45, 7) is 0.334. The molecule has 0 aliphatic carbocycles. The van der Waals surface area contributed by atoms with E-state index >= 15 is 0 Å². The molecule has 1 heterocycles. The van der Waals surface area contributed by atoms with Gasteiger partial charge in [0.15, 0.2) is 0 Å². The molecule has 0 spiro atoms. The van der Waals surface area contributed by atoms with Gasteiger partial charge in [-0.3, -0.25) is 0 Å². The lowest BCUT2D eigenvalue weighted by atomic mass is 10.3. The van der Waals surface area contributed by atoms with Gasteiger partial charge in [-0.25, -0.2) is 12.7 Å². The minimum atomic E-state index is -3.55. The van der Waals surface area contributed by atoms with Crippen LogP contribution in [0.3, 0.4) is 0 Å². The number of rotatable bonds is 5. The predicted octanol–water partition coefficient (Wildman–Crippen LogP) is 3.45. The molecule has 5 nitrogen and oxygen atoms in total. The fraction of sp³-hybridized carbons (Fsp3) is 0.231. The summed E-state index contributed by atoms with van der Waals surface area (Å²) in [6.07, 6.45) is 0. The molecule has 0 radical (unpaired) electrons. The monoisotopic (exact) mass is 348 g/mol. The van der Waals surface area contributed by atoms with Crippen molar-refractivity contribution in [2.24, 2.45) is 0 Å². The van der Waals surface area contributed by atoms with Gasteiger partial charge in [-0.05, 0) is 30.3 Å². The molecule has 0 fully saturated rings. The van der Waals surface area contributed by atoms with Crippen LogP contribution >= 0.6 is 23.2 Å². The summed E-state index contributed by atoms with van der Waals surface area (Å²) in [5.41, 5.74) is 0.762. The summed E-state index contributed by atoms with van der Waals surface area (Å²) < 4.78 is 30.2. The highest BCUT2D eigenvalue weighted by Crippen LogP contribution is 2.25. The molecular weight excluding hydrogens is 335 g/mol. The summed E-state index contributed by atoms with van der Waals surface area (Å²) in [6, 6.07) is 8.18. The Morgan fingerprint density at radius 1 is 1.14 bits per heavy atom. The second-order valence-electron chi connectivity index (χ2n) is 4.49. The van der Waals surface area contributed by atoms with Crippen molar-refractivity contribution in [2.45, 2.75) is 11.6 Å². The van der Waals surface area contributed by atoms with E-state index in [1.165, 1.54) is 20.2 Å². The molecule has 1 aromatic heterocycles. The number of anilines is 1. The number of hydrogen-bond donors (Lipinski definition) is 1. The van der Waals surface area contributed by atoms with E-state index in [2.05, 4.69) is 5.32 Å². The molecule has 2 rings (SSSR count). The van der Waals surface area contributed by atoms with Crippen LogP contribution in [0.5, 0.6) is 0 Å². The maximum atomic E-state index is 11.9. The number of nitrogens with one attached hydrogen (secondary N) is 1. The van der Waals surface area contributed by atoms with Crippen molar-refractivity contribution in [2.75, 3.05) is 19.4 Å². The van der Waals surface area contributed by atoms with Gasteiger partial charge in [-0.15, -0.1) is 0 Å². The van der Waals surface area contributed by atoms with Crippen molar-refractivity contribution in [1.29, 1.82) is 0 Å². The number of sulfonamides is 1. The van der Waals surface area contributed by atoms with Gasteiger partial charge < -0.3 is 9.73 Å². The molecule has 0 saturated carbocycles. The minimum Gasteiger partial charge on any atom is -0.446 e. The first kappa shape index (κ1) is 16.2. The zero-order chi connectivity index (χ0) is 15.6. The SMILES string of the molecule is CN(C)S(=O)(=O)c1ccc(CNc2ccc(Cl)c(Cl)c2)o1. The summed E-state index contributed by atoms with van der Waals surface area (Å²) in [4.78, 5) is 0. The van der Waals surface area contributed by atoms with Crippen LogP contribution in [-0.4, -0.2) is 26.8 Å². The predicted molar refractivity (Wildman–Crippen MR) is 83.4 cm³/mol. The average Bonchev–Trinajstić information content (AvgIpc) is 2.89. The Kier molecular flexibility index (Phi) is 4.83. The fourth-order valence-electron chi connectivity index (χ4n) is 1.57. The smallest absolute Gasteiger partial charge is 0.275 e. The molecule has 114 valence electrons. The van der Waals surface area contributed by atoms with E-state index < -0.39 is 10.0 Å². The highest BCUT2D eigenvalue weighted by molar-refractivity contribution is 7.88. The van der Waals surface area contributed by atoms with Crippen molar-refractivity contribution in [3.05, 3.63) is 46.1 Å². The first-order valence-corrected chi connectivity index (χ1v) is 8.20. The highest BCUT2D eigenvalue weighted by Gasteiger charge is 2.21. The number of halogens is 2. The number of benzene rings is 1. The lowest BCUT2D eigenvalue weighted by Gasteiger charge is -2.08. The van der Waals surface area contributed by atoms with E-state index in [0.29, 0.717) is 22.4 Å². The Morgan fingerprint density at radius 2 is 1.86 bits per heavy atom. The molecule has 0 aliphatic rings. The Balaban J connectivity index is 2.08. The van der Waals surface area contributed by atoms with Gasteiger partial charge in [0.05, 0.1) is 16.6 Å². The third-order valence-corrected chi connectivity index (χ3v) is 5.19. The summed E-state index contributed by atoms with van der Waals surface area (Å²) >= 11 is 11.7. The van der Waals surface area contributed by atoms with Gasteiger partial charge in [-0.1, -0.05) is 23.2 Å². The zero-order valence-electron chi connectivity index (χ0n) is 11.4. The Labute approximate surface area is 133 Å². The third-order valence-electron chi connectivity index (χ3n) is 2.76. The minimum absolute atomic E-state index is 0.0848. The molecule has 1 N–H and O–H groups in total. The lowest BCUT2D eigenvalue weighted by Crippen LogP contribution is -2.21. The molecule has 2 aromatic rings. The van der Waals surface area contributed by atoms with E-state index in [4.69, 9.17) is 27.6 Å². The van der Waals surface area contributed by atoms with Crippen LogP contribution in [0.4, 0.5) is 5.69 Å². The third kappa shape index (κ3) is 3.71. The molecule has 8 heteroatoms. The number of nitrogens with zero attached hydrogens (tertiary/aromatic N) is 1. The van der Waals surface area contributed by atoms with Crippen molar-refractivity contribution in [3.63, 3.8) is 0 Å². The van der Waals surface area contributed by atoms with Crippen LogP contribution in [0.1, 0.15) is 5.76 Å². The topological polar surface area (TPSA) is 62.6 Å². The highest BCUT2D eigenvalue weighted by atomic mass is 35.5. The van der Waals surface area contributed by atoms with Crippen molar-refractivity contribution < 1.29 is 12.8 Å². The van der Waals surface area contributed by atoms with E-state index in [1.54, 1.807) is 24.3 Å². The van der Waals surface area contributed by atoms with E-state index in [-0.39, 0.29) is 5.09 Å². The summed E-state index contributed by atoms with van der Waals surface area (Å²) in [5, 5.41) is 3.91. The van der Waals surface area contributed by atoms with Crippen LogP contribution in [0.15, 0.2) is 39.8 Å². The van der Waals surface area contributed by atoms with Crippen molar-refractivity contribution in [3.8, 4) is 0 Å². The maximum Gasteiger partial charge on any atom is 0.275 e. The average molecular weight is 349 g/mol. The standard InChI is InChI=1S/C13H14Cl2N2O3S/c1-17(2)21(18,19)13-6-4-10(20-13)8-16-9-3-5-11(14)12(15)7-9/h3-7,16H,8H2,1-2H3. The van der Waals surface area contributed by atoms with Crippen molar-refractivity contribution in [1.82, 2.24) is 4.31 Å². The van der Waals surface area contributed by atoms with E-state index in [1.807, 2.05) is 0 Å². The molecule has 0 unspecified atom stereocenters. The second kappa shape index (κ2) is 6.27. The van der Waals surface area contributed by atoms with Gasteiger partial charge in [0.1, 0.15) is 5.76 Å². The molecule has 0 amide bonds. The zero-order valence-corrected chi connectivity index (χ0v) is 13.8. The Morgan fingerprint density at radius 3 is 2.48 bits per heavy atom. The Bertz CT molecular complexity index is 742. The van der Waals surface area contributed by atoms with Crippen LogP contribution < -0.4 is 5.32 Å². The van der Waals surface area contributed by atoms with Crippen LogP contribution in [0.25, 0.3) is 0 Å². The lowest BCUT2D eigenvalue weighted by molar-refractivity contribution is 0.402. The van der Waals surface area contributed by atoms with Gasteiger partial charge in [0.2, 0.25) is 5.09 Å². The van der Waals surface area contributed by atoms with Crippen LogP contribution in [0.2, 0.25) is 10.0 Å². The first-order valence-electron chi connectivity index (χ1n) is 6.01. The summed E-state index contributed by atoms with van der Waals surface area (Å²) in [5.74, 6) is 0.501. The fourth-order valence-corrected chi connectivity index (χ4v) is 2.68. The Hall–Kier alpha value is -1.21. The maximum absolute atomic E-state index is 11.9. The van der Waals surface area contributed by atoms with Gasteiger partial charge >= 0.3 is 0 Å². The van der Waals surface area contributed by atoms with Crippen LogP contribution in [-0.2, 0) is 16.6 Å². The molecule has 0 aliphatic heterocycles.